The molecule has 0 spiro atoms. The molecule has 0 heterocycles. The summed E-state index contributed by atoms with van der Waals surface area (Å²) in [6.07, 6.45) is 0. The monoisotopic (exact) mass is 323 g/mol. The molecule has 110 valence electrons. The van der Waals surface area contributed by atoms with Crippen LogP contribution in [0.5, 0.6) is 0 Å². The first-order chi connectivity index (χ1) is 10.0. The number of hydrogen-bond acceptors (Lipinski definition) is 3. The molecular formula is C15H15Cl2N3O. The fourth-order valence-corrected chi connectivity index (χ4v) is 2.32. The van der Waals surface area contributed by atoms with Crippen LogP contribution in [0.1, 0.15) is 16.7 Å². The van der Waals surface area contributed by atoms with Gasteiger partial charge in [0.1, 0.15) is 0 Å². The first-order valence-corrected chi connectivity index (χ1v) is 7.04. The molecule has 21 heavy (non-hydrogen) atoms. The number of anilines is 1. The van der Waals surface area contributed by atoms with Gasteiger partial charge in [-0.2, -0.15) is 0 Å². The van der Waals surface area contributed by atoms with Gasteiger partial charge in [-0.15, -0.1) is 0 Å². The zero-order valence-corrected chi connectivity index (χ0v) is 12.9. The minimum atomic E-state index is 0.0297. The fourth-order valence-electron chi connectivity index (χ4n) is 1.90. The molecule has 0 radical (unpaired) electrons. The lowest BCUT2D eigenvalue weighted by Crippen LogP contribution is -2.13. The van der Waals surface area contributed by atoms with Crippen LogP contribution in [0, 0.1) is 6.92 Å². The van der Waals surface area contributed by atoms with Crippen molar-refractivity contribution in [2.24, 2.45) is 10.9 Å². The highest BCUT2D eigenvalue weighted by Crippen LogP contribution is 2.25. The van der Waals surface area contributed by atoms with Crippen LogP contribution in [-0.4, -0.2) is 11.0 Å². The number of benzene rings is 2. The highest BCUT2D eigenvalue weighted by Gasteiger charge is 2.06. The summed E-state index contributed by atoms with van der Waals surface area (Å²) in [5.74, 6) is 0.0297. The summed E-state index contributed by atoms with van der Waals surface area (Å²) in [6.45, 7) is 2.50. The normalized spacial score (nSPS) is 11.5. The van der Waals surface area contributed by atoms with Crippen LogP contribution in [-0.2, 0) is 6.54 Å². The van der Waals surface area contributed by atoms with E-state index in [4.69, 9.17) is 34.1 Å². The lowest BCUT2D eigenvalue weighted by atomic mass is 10.1. The van der Waals surface area contributed by atoms with Crippen molar-refractivity contribution in [1.82, 2.24) is 0 Å². The van der Waals surface area contributed by atoms with E-state index < -0.39 is 0 Å². The standard InChI is InChI=1S/C15H15Cl2N3O/c1-9-12(16)3-2-4-14(9)19-8-11-6-5-10(7-13(11)17)15(18)20-21/h2-7,19,21H,8H2,1H3,(H2,18,20). The van der Waals surface area contributed by atoms with Gasteiger partial charge in [0.25, 0.3) is 0 Å². The molecule has 2 aromatic rings. The van der Waals surface area contributed by atoms with Crippen molar-refractivity contribution in [2.45, 2.75) is 13.5 Å². The molecule has 0 unspecified atom stereocenters. The molecule has 0 aliphatic carbocycles. The van der Waals surface area contributed by atoms with E-state index in [9.17, 15) is 0 Å². The lowest BCUT2D eigenvalue weighted by molar-refractivity contribution is 0.318. The number of rotatable bonds is 4. The summed E-state index contributed by atoms with van der Waals surface area (Å²) in [6, 6.07) is 10.9. The molecule has 0 bridgehead atoms. The molecule has 4 nitrogen and oxygen atoms in total. The number of halogens is 2. The van der Waals surface area contributed by atoms with E-state index in [0.717, 1.165) is 16.8 Å². The highest BCUT2D eigenvalue weighted by molar-refractivity contribution is 6.32. The molecule has 2 rings (SSSR count). The Labute approximate surface area is 133 Å². The quantitative estimate of drug-likeness (QED) is 0.344. The van der Waals surface area contributed by atoms with Gasteiger partial charge in [0.2, 0.25) is 0 Å². The van der Waals surface area contributed by atoms with Crippen LogP contribution in [0.3, 0.4) is 0 Å². The topological polar surface area (TPSA) is 70.6 Å². The SMILES string of the molecule is Cc1c(Cl)cccc1NCc1ccc(/C(N)=N/O)cc1Cl. The summed E-state index contributed by atoms with van der Waals surface area (Å²) >= 11 is 12.3. The van der Waals surface area contributed by atoms with Gasteiger partial charge >= 0.3 is 0 Å². The fraction of sp³-hybridized carbons (Fsp3) is 0.133. The third-order valence-electron chi connectivity index (χ3n) is 3.19. The van der Waals surface area contributed by atoms with E-state index in [1.165, 1.54) is 0 Å². The largest absolute Gasteiger partial charge is 0.409 e. The van der Waals surface area contributed by atoms with Crippen molar-refractivity contribution >= 4 is 34.7 Å². The van der Waals surface area contributed by atoms with Gasteiger partial charge in [0.15, 0.2) is 5.84 Å². The molecule has 0 aliphatic heterocycles. The van der Waals surface area contributed by atoms with Crippen LogP contribution in [0.25, 0.3) is 0 Å². The number of nitrogens with zero attached hydrogens (tertiary/aromatic N) is 1. The Balaban J connectivity index is 2.15. The molecule has 0 saturated carbocycles. The lowest BCUT2D eigenvalue weighted by Gasteiger charge is -2.12. The Morgan fingerprint density at radius 3 is 2.67 bits per heavy atom. The average molecular weight is 324 g/mol. The van der Waals surface area contributed by atoms with Gasteiger partial charge in [0, 0.05) is 27.8 Å². The molecule has 0 atom stereocenters. The average Bonchev–Trinajstić information content (AvgIpc) is 2.49. The molecule has 2 aromatic carbocycles. The van der Waals surface area contributed by atoms with Gasteiger partial charge in [-0.25, -0.2) is 0 Å². The van der Waals surface area contributed by atoms with Crippen molar-refractivity contribution in [3.8, 4) is 0 Å². The van der Waals surface area contributed by atoms with E-state index >= 15 is 0 Å². The summed E-state index contributed by atoms with van der Waals surface area (Å²) < 4.78 is 0. The highest BCUT2D eigenvalue weighted by atomic mass is 35.5. The second-order valence-electron chi connectivity index (χ2n) is 4.56. The number of hydrogen-bond donors (Lipinski definition) is 3. The van der Waals surface area contributed by atoms with Crippen molar-refractivity contribution in [1.29, 1.82) is 0 Å². The van der Waals surface area contributed by atoms with E-state index in [1.54, 1.807) is 12.1 Å². The predicted octanol–water partition coefficient (Wildman–Crippen LogP) is 4.01. The molecule has 0 aliphatic rings. The van der Waals surface area contributed by atoms with Gasteiger partial charge in [-0.1, -0.05) is 46.6 Å². The maximum Gasteiger partial charge on any atom is 0.170 e. The first-order valence-electron chi connectivity index (χ1n) is 6.28. The summed E-state index contributed by atoms with van der Waals surface area (Å²) in [5, 5.41) is 16.2. The van der Waals surface area contributed by atoms with E-state index in [1.807, 2.05) is 31.2 Å². The maximum absolute atomic E-state index is 8.65. The number of amidine groups is 1. The van der Waals surface area contributed by atoms with Gasteiger partial charge in [-0.3, -0.25) is 0 Å². The Morgan fingerprint density at radius 1 is 1.24 bits per heavy atom. The predicted molar refractivity (Wildman–Crippen MR) is 87.5 cm³/mol. The Morgan fingerprint density at radius 2 is 2.00 bits per heavy atom. The van der Waals surface area contributed by atoms with E-state index in [0.29, 0.717) is 22.2 Å². The summed E-state index contributed by atoms with van der Waals surface area (Å²) in [4.78, 5) is 0. The second-order valence-corrected chi connectivity index (χ2v) is 5.37. The molecule has 0 saturated heterocycles. The Hall–Kier alpha value is -1.91. The number of oxime groups is 1. The second kappa shape index (κ2) is 6.70. The van der Waals surface area contributed by atoms with Crippen LogP contribution in [0.2, 0.25) is 10.0 Å². The Kier molecular flexibility index (Phi) is 4.94. The molecule has 0 aromatic heterocycles. The van der Waals surface area contributed by atoms with Crippen LogP contribution in [0.4, 0.5) is 5.69 Å². The zero-order valence-electron chi connectivity index (χ0n) is 11.4. The minimum absolute atomic E-state index is 0.0297. The molecule has 0 amide bonds. The first kappa shape index (κ1) is 15.5. The van der Waals surface area contributed by atoms with E-state index in [-0.39, 0.29) is 5.84 Å². The number of nitrogens with two attached hydrogens (primary N) is 1. The van der Waals surface area contributed by atoms with E-state index in [2.05, 4.69) is 10.5 Å². The van der Waals surface area contributed by atoms with Gasteiger partial charge in [-0.05, 0) is 36.2 Å². The van der Waals surface area contributed by atoms with Crippen molar-refractivity contribution in [3.63, 3.8) is 0 Å². The van der Waals surface area contributed by atoms with Crippen molar-refractivity contribution < 1.29 is 5.21 Å². The van der Waals surface area contributed by atoms with Crippen LogP contribution >= 0.6 is 23.2 Å². The third kappa shape index (κ3) is 3.60. The number of nitrogens with one attached hydrogen (secondary N) is 1. The third-order valence-corrected chi connectivity index (χ3v) is 3.95. The zero-order chi connectivity index (χ0) is 15.4. The molecule has 6 heteroatoms. The molecule has 4 N–H and O–H groups in total. The summed E-state index contributed by atoms with van der Waals surface area (Å²) in [7, 11) is 0. The van der Waals surface area contributed by atoms with Crippen LogP contribution in [0.15, 0.2) is 41.6 Å². The molecular weight excluding hydrogens is 309 g/mol. The molecule has 0 fully saturated rings. The van der Waals surface area contributed by atoms with Gasteiger partial charge < -0.3 is 16.3 Å². The minimum Gasteiger partial charge on any atom is -0.409 e. The van der Waals surface area contributed by atoms with Crippen LogP contribution < -0.4 is 11.1 Å². The Bertz CT molecular complexity index is 687. The maximum atomic E-state index is 8.65. The summed E-state index contributed by atoms with van der Waals surface area (Å²) in [5.41, 5.74) is 8.95. The van der Waals surface area contributed by atoms with Gasteiger partial charge in [0.05, 0.1) is 0 Å². The van der Waals surface area contributed by atoms with Crippen molar-refractivity contribution in [2.75, 3.05) is 5.32 Å². The van der Waals surface area contributed by atoms with Crippen molar-refractivity contribution in [3.05, 3.63) is 63.1 Å². The smallest absolute Gasteiger partial charge is 0.170 e.